The second-order valence-electron chi connectivity index (χ2n) is 6.02. The Labute approximate surface area is 174 Å². The van der Waals surface area contributed by atoms with Gasteiger partial charge in [0.15, 0.2) is 11.5 Å². The van der Waals surface area contributed by atoms with E-state index in [2.05, 4.69) is 35.1 Å². The second-order valence-corrected chi connectivity index (χ2v) is 7.69. The molecule has 0 aliphatic rings. The molecule has 2 aromatic rings. The lowest BCUT2D eigenvalue weighted by Gasteiger charge is -2.17. The molecule has 0 amide bonds. The predicted octanol–water partition coefficient (Wildman–Crippen LogP) is 6.62. The van der Waals surface area contributed by atoms with Gasteiger partial charge in [-0.1, -0.05) is 36.2 Å². The maximum atomic E-state index is 6.23. The van der Waals surface area contributed by atoms with Crippen LogP contribution in [0.1, 0.15) is 38.3 Å². The van der Waals surface area contributed by atoms with Crippen LogP contribution in [0.5, 0.6) is 11.5 Å². The molecule has 0 aliphatic carbocycles. The number of benzene rings is 2. The standard InChI is InChI=1S/C20H24BrCl2NO2/c1-4-13(3)24-11-14-9-16(21)20(19(10-14)25-5-2)26-12-15-17(22)7-6-8-18(15)23/h6-10,13,24H,4-5,11-12H2,1-3H3/t13-/m0/s1. The third kappa shape index (κ3) is 5.78. The minimum Gasteiger partial charge on any atom is -0.490 e. The third-order valence-electron chi connectivity index (χ3n) is 4.06. The molecule has 3 nitrogen and oxygen atoms in total. The van der Waals surface area contributed by atoms with Crippen LogP contribution >= 0.6 is 39.1 Å². The summed E-state index contributed by atoms with van der Waals surface area (Å²) in [6.45, 7) is 7.87. The van der Waals surface area contributed by atoms with Crippen molar-refractivity contribution in [3.63, 3.8) is 0 Å². The van der Waals surface area contributed by atoms with E-state index in [-0.39, 0.29) is 6.61 Å². The Morgan fingerprint density at radius 3 is 2.42 bits per heavy atom. The molecule has 1 N–H and O–H groups in total. The number of ether oxygens (including phenoxy) is 2. The lowest BCUT2D eigenvalue weighted by Crippen LogP contribution is -2.24. The molecular formula is C20H24BrCl2NO2. The quantitative estimate of drug-likeness (QED) is 0.455. The summed E-state index contributed by atoms with van der Waals surface area (Å²) in [5, 5.41) is 4.65. The van der Waals surface area contributed by atoms with E-state index in [9.17, 15) is 0 Å². The van der Waals surface area contributed by atoms with Gasteiger partial charge in [0.25, 0.3) is 0 Å². The average Bonchev–Trinajstić information content (AvgIpc) is 2.61. The zero-order valence-corrected chi connectivity index (χ0v) is 18.3. The first-order valence-electron chi connectivity index (χ1n) is 8.70. The van der Waals surface area contributed by atoms with Gasteiger partial charge in [-0.15, -0.1) is 0 Å². The van der Waals surface area contributed by atoms with Crippen molar-refractivity contribution in [2.45, 2.75) is 46.4 Å². The maximum Gasteiger partial charge on any atom is 0.175 e. The van der Waals surface area contributed by atoms with Gasteiger partial charge in [0.2, 0.25) is 0 Å². The third-order valence-corrected chi connectivity index (χ3v) is 5.36. The van der Waals surface area contributed by atoms with Crippen molar-refractivity contribution >= 4 is 39.1 Å². The highest BCUT2D eigenvalue weighted by Crippen LogP contribution is 2.38. The van der Waals surface area contributed by atoms with Crippen molar-refractivity contribution in [3.8, 4) is 11.5 Å². The molecule has 0 aliphatic heterocycles. The lowest BCUT2D eigenvalue weighted by molar-refractivity contribution is 0.267. The Bertz CT molecular complexity index is 720. The van der Waals surface area contributed by atoms with Crippen LogP contribution in [0.25, 0.3) is 0 Å². The molecule has 0 saturated heterocycles. The summed E-state index contributed by atoms with van der Waals surface area (Å²) in [6.07, 6.45) is 1.08. The van der Waals surface area contributed by atoms with E-state index in [1.54, 1.807) is 12.1 Å². The molecule has 6 heteroatoms. The van der Waals surface area contributed by atoms with Gasteiger partial charge in [0.05, 0.1) is 11.1 Å². The molecule has 0 bridgehead atoms. The lowest BCUT2D eigenvalue weighted by atomic mass is 10.1. The van der Waals surface area contributed by atoms with Crippen LogP contribution < -0.4 is 14.8 Å². The van der Waals surface area contributed by atoms with Gasteiger partial charge in [0.1, 0.15) is 6.61 Å². The topological polar surface area (TPSA) is 30.5 Å². The Balaban J connectivity index is 2.21. The Morgan fingerprint density at radius 1 is 1.12 bits per heavy atom. The fourth-order valence-corrected chi connectivity index (χ4v) is 3.49. The molecule has 1 atom stereocenters. The van der Waals surface area contributed by atoms with Crippen LogP contribution in [-0.4, -0.2) is 12.6 Å². The highest BCUT2D eigenvalue weighted by molar-refractivity contribution is 9.10. The van der Waals surface area contributed by atoms with Crippen molar-refractivity contribution in [1.29, 1.82) is 0 Å². The van der Waals surface area contributed by atoms with Crippen LogP contribution in [0.2, 0.25) is 10.0 Å². The van der Waals surface area contributed by atoms with Crippen LogP contribution in [0, 0.1) is 0 Å². The van der Waals surface area contributed by atoms with E-state index in [0.717, 1.165) is 28.6 Å². The van der Waals surface area contributed by atoms with Gasteiger partial charge < -0.3 is 14.8 Å². The smallest absolute Gasteiger partial charge is 0.175 e. The zero-order valence-electron chi connectivity index (χ0n) is 15.2. The molecule has 0 aromatic heterocycles. The second kappa shape index (κ2) is 10.4. The van der Waals surface area contributed by atoms with Crippen molar-refractivity contribution < 1.29 is 9.47 Å². The first-order valence-corrected chi connectivity index (χ1v) is 10.2. The summed E-state index contributed by atoms with van der Waals surface area (Å²) >= 11 is 16.1. The number of hydrogen-bond acceptors (Lipinski definition) is 3. The van der Waals surface area contributed by atoms with E-state index in [4.69, 9.17) is 32.7 Å². The van der Waals surface area contributed by atoms with Gasteiger partial charge in [0, 0.05) is 28.2 Å². The van der Waals surface area contributed by atoms with Crippen LogP contribution in [0.3, 0.4) is 0 Å². The molecule has 0 spiro atoms. The highest BCUT2D eigenvalue weighted by atomic mass is 79.9. The molecule has 2 rings (SSSR count). The SMILES string of the molecule is CCOc1cc(CN[C@@H](C)CC)cc(Br)c1OCc1c(Cl)cccc1Cl. The van der Waals surface area contributed by atoms with Gasteiger partial charge in [-0.25, -0.2) is 0 Å². The van der Waals surface area contributed by atoms with Crippen LogP contribution in [-0.2, 0) is 13.2 Å². The molecule has 2 aromatic carbocycles. The van der Waals surface area contributed by atoms with Crippen molar-refractivity contribution in [1.82, 2.24) is 5.32 Å². The fraction of sp³-hybridized carbons (Fsp3) is 0.400. The number of rotatable bonds is 9. The van der Waals surface area contributed by atoms with Crippen molar-refractivity contribution in [2.75, 3.05) is 6.61 Å². The highest BCUT2D eigenvalue weighted by Gasteiger charge is 2.15. The van der Waals surface area contributed by atoms with E-state index in [1.807, 2.05) is 25.1 Å². The predicted molar refractivity (Wildman–Crippen MR) is 113 cm³/mol. The molecule has 26 heavy (non-hydrogen) atoms. The zero-order chi connectivity index (χ0) is 19.1. The number of halogens is 3. The molecule has 0 unspecified atom stereocenters. The first-order chi connectivity index (χ1) is 12.5. The molecule has 0 saturated carbocycles. The fourth-order valence-electron chi connectivity index (χ4n) is 2.38. The van der Waals surface area contributed by atoms with E-state index < -0.39 is 0 Å². The van der Waals surface area contributed by atoms with Gasteiger partial charge in [-0.2, -0.15) is 0 Å². The van der Waals surface area contributed by atoms with Gasteiger partial charge >= 0.3 is 0 Å². The van der Waals surface area contributed by atoms with E-state index in [1.165, 1.54) is 0 Å². The van der Waals surface area contributed by atoms with Crippen LogP contribution in [0.15, 0.2) is 34.8 Å². The van der Waals surface area contributed by atoms with E-state index >= 15 is 0 Å². The molecule has 0 fully saturated rings. The Kier molecular flexibility index (Phi) is 8.55. The largest absolute Gasteiger partial charge is 0.490 e. The average molecular weight is 461 g/mol. The molecule has 142 valence electrons. The molecular weight excluding hydrogens is 437 g/mol. The molecule has 0 heterocycles. The van der Waals surface area contributed by atoms with Gasteiger partial charge in [-0.05, 0) is 66.0 Å². The minimum atomic E-state index is 0.266. The normalized spacial score (nSPS) is 12.1. The maximum absolute atomic E-state index is 6.23. The summed E-state index contributed by atoms with van der Waals surface area (Å²) < 4.78 is 12.6. The summed E-state index contributed by atoms with van der Waals surface area (Å²) in [7, 11) is 0. The van der Waals surface area contributed by atoms with Crippen LogP contribution in [0.4, 0.5) is 0 Å². The molecule has 0 radical (unpaired) electrons. The summed E-state index contributed by atoms with van der Waals surface area (Å²) in [4.78, 5) is 0. The minimum absolute atomic E-state index is 0.266. The van der Waals surface area contributed by atoms with E-state index in [0.29, 0.717) is 34.2 Å². The van der Waals surface area contributed by atoms with Gasteiger partial charge in [-0.3, -0.25) is 0 Å². The monoisotopic (exact) mass is 459 g/mol. The Morgan fingerprint density at radius 2 is 1.81 bits per heavy atom. The summed E-state index contributed by atoms with van der Waals surface area (Å²) in [5.74, 6) is 1.35. The number of hydrogen-bond donors (Lipinski definition) is 1. The van der Waals surface area contributed by atoms with Crippen molar-refractivity contribution in [2.24, 2.45) is 0 Å². The first kappa shape index (κ1) is 21.4. The summed E-state index contributed by atoms with van der Waals surface area (Å²) in [5.41, 5.74) is 1.89. The summed E-state index contributed by atoms with van der Waals surface area (Å²) in [6, 6.07) is 9.93. The number of nitrogens with one attached hydrogen (secondary N) is 1. The Hall–Kier alpha value is -0.940. The van der Waals surface area contributed by atoms with Crippen molar-refractivity contribution in [3.05, 3.63) is 56.0 Å².